The van der Waals surface area contributed by atoms with E-state index in [9.17, 15) is 9.18 Å². The molecule has 4 nitrogen and oxygen atoms in total. The smallest absolute Gasteiger partial charge is 0.338 e. The predicted octanol–water partition coefficient (Wildman–Crippen LogP) is 4.89. The summed E-state index contributed by atoms with van der Waals surface area (Å²) in [5, 5.41) is 3.92. The zero-order chi connectivity index (χ0) is 19.0. The molecule has 0 saturated carbocycles. The molecule has 0 amide bonds. The van der Waals surface area contributed by atoms with Gasteiger partial charge >= 0.3 is 5.97 Å². The number of carbonyl (C=O) groups excluding carboxylic acids is 1. The minimum atomic E-state index is -0.411. The zero-order valence-corrected chi connectivity index (χ0v) is 16.0. The number of rotatable bonds is 4. The first kappa shape index (κ1) is 23.9. The Labute approximate surface area is 160 Å². The van der Waals surface area contributed by atoms with Crippen LogP contribution in [0.5, 0.6) is 0 Å². The lowest BCUT2D eigenvalue weighted by molar-refractivity contribution is -0.136. The van der Waals surface area contributed by atoms with E-state index in [1.807, 2.05) is 6.26 Å². The molecule has 0 radical (unpaired) electrons. The number of benzene rings is 1. The lowest BCUT2D eigenvalue weighted by atomic mass is 9.89. The largest absolute Gasteiger partial charge is 0.466 e. The van der Waals surface area contributed by atoms with Crippen LogP contribution in [0, 0.1) is 11.7 Å². The number of thioether (sulfide) groups is 1. The normalized spacial score (nSPS) is 17.0. The van der Waals surface area contributed by atoms with Gasteiger partial charge in [0.05, 0.1) is 24.4 Å². The van der Waals surface area contributed by atoms with Crippen molar-refractivity contribution in [2.45, 2.75) is 33.7 Å². The molecule has 1 aliphatic rings. The van der Waals surface area contributed by atoms with E-state index in [1.165, 1.54) is 31.0 Å². The van der Waals surface area contributed by atoms with Crippen LogP contribution < -0.4 is 5.32 Å². The van der Waals surface area contributed by atoms with Gasteiger partial charge in [0.25, 0.3) is 0 Å². The van der Waals surface area contributed by atoms with Crippen molar-refractivity contribution in [1.29, 1.82) is 0 Å². The molecule has 1 heterocycles. The third-order valence-electron chi connectivity index (χ3n) is 3.97. The van der Waals surface area contributed by atoms with Crippen LogP contribution in [0.15, 0.2) is 48.0 Å². The second-order valence-electron chi connectivity index (χ2n) is 5.38. The molecule has 0 aromatic heterocycles. The Morgan fingerprint density at radius 3 is 2.42 bits per heavy atom. The summed E-state index contributed by atoms with van der Waals surface area (Å²) in [5.74, 6) is -0.545. The molecule has 0 fully saturated rings. The maximum Gasteiger partial charge on any atom is 0.338 e. The molecule has 1 N–H and O–H groups in total. The van der Waals surface area contributed by atoms with Gasteiger partial charge in [0.1, 0.15) is 5.82 Å². The molecule has 26 heavy (non-hydrogen) atoms. The molecule has 2 rings (SSSR count). The van der Waals surface area contributed by atoms with Crippen molar-refractivity contribution in [3.63, 3.8) is 0 Å². The minimum Gasteiger partial charge on any atom is -0.466 e. The molecule has 1 aromatic rings. The number of esters is 1. The van der Waals surface area contributed by atoms with Crippen molar-refractivity contribution in [1.82, 2.24) is 5.32 Å². The van der Waals surface area contributed by atoms with Crippen molar-refractivity contribution in [2.75, 3.05) is 13.4 Å². The van der Waals surface area contributed by atoms with Gasteiger partial charge in [-0.1, -0.05) is 39.5 Å². The average molecular weight is 381 g/mol. The van der Waals surface area contributed by atoms with E-state index in [-0.39, 0.29) is 25.2 Å². The molecule has 2 unspecified atom stereocenters. The van der Waals surface area contributed by atoms with E-state index in [0.29, 0.717) is 11.3 Å². The van der Waals surface area contributed by atoms with Gasteiger partial charge < -0.3 is 10.1 Å². The Balaban J connectivity index is 0.00000201. The second-order valence-corrected chi connectivity index (χ2v) is 6.18. The Kier molecular flexibility index (Phi) is 10.6. The molecule has 144 valence electrons. The minimum absolute atomic E-state index is 0. The van der Waals surface area contributed by atoms with Gasteiger partial charge in [-0.25, -0.2) is 9.18 Å². The zero-order valence-electron chi connectivity index (χ0n) is 15.1. The summed E-state index contributed by atoms with van der Waals surface area (Å²) < 4.78 is 18.2. The highest BCUT2D eigenvalue weighted by Gasteiger charge is 2.33. The van der Waals surface area contributed by atoms with Crippen molar-refractivity contribution in [2.24, 2.45) is 10.9 Å². The van der Waals surface area contributed by atoms with Gasteiger partial charge in [-0.05, 0) is 42.0 Å². The van der Waals surface area contributed by atoms with Crippen LogP contribution in [0.25, 0.3) is 5.70 Å². The van der Waals surface area contributed by atoms with Crippen LogP contribution >= 0.6 is 11.8 Å². The number of methoxy groups -OCH3 is 1. The fraction of sp³-hybridized carbons (Fsp3) is 0.400. The molecular formula is C20H29FN2O2S. The molecule has 1 aromatic carbocycles. The number of carbonyl (C=O) groups is 1. The first-order valence-corrected chi connectivity index (χ1v) is 9.21. The lowest BCUT2D eigenvalue weighted by Gasteiger charge is -2.29. The van der Waals surface area contributed by atoms with Gasteiger partial charge in [0.2, 0.25) is 0 Å². The lowest BCUT2D eigenvalue weighted by Crippen LogP contribution is -2.36. The highest BCUT2D eigenvalue weighted by Crippen LogP contribution is 2.31. The van der Waals surface area contributed by atoms with Crippen LogP contribution in [0.2, 0.25) is 0 Å². The number of hydrogen-bond donors (Lipinski definition) is 1. The summed E-state index contributed by atoms with van der Waals surface area (Å²) in [6.45, 7) is 10.1. The average Bonchev–Trinajstić information content (AvgIpc) is 2.67. The Bertz CT molecular complexity index is 656. The van der Waals surface area contributed by atoms with E-state index >= 15 is 0 Å². The number of ether oxygens (including phenoxy) is 1. The number of amidine groups is 1. The Morgan fingerprint density at radius 1 is 1.38 bits per heavy atom. The van der Waals surface area contributed by atoms with Gasteiger partial charge in [0, 0.05) is 0 Å². The van der Waals surface area contributed by atoms with Crippen molar-refractivity contribution in [3.05, 3.63) is 54.4 Å². The maximum atomic E-state index is 13.2. The SMILES string of the molecule is C.C=C.CCC(C)C1N=C(SC)NC(c2ccc(F)cc2)=C1C(=O)OC. The molecule has 1 aliphatic heterocycles. The molecule has 0 aliphatic carbocycles. The van der Waals surface area contributed by atoms with Gasteiger partial charge in [-0.2, -0.15) is 0 Å². The van der Waals surface area contributed by atoms with E-state index < -0.39 is 5.97 Å². The Hall–Kier alpha value is -2.08. The maximum absolute atomic E-state index is 13.2. The van der Waals surface area contributed by atoms with Crippen LogP contribution in [-0.4, -0.2) is 30.5 Å². The molecular weight excluding hydrogens is 351 g/mol. The summed E-state index contributed by atoms with van der Waals surface area (Å²) in [5.41, 5.74) is 1.87. The third kappa shape index (κ3) is 5.46. The van der Waals surface area contributed by atoms with E-state index in [4.69, 9.17) is 4.74 Å². The second kappa shape index (κ2) is 11.5. The summed E-state index contributed by atoms with van der Waals surface area (Å²) in [6, 6.07) is 5.77. The number of halogens is 1. The monoisotopic (exact) mass is 380 g/mol. The molecule has 0 spiro atoms. The molecule has 0 saturated heterocycles. The fourth-order valence-electron chi connectivity index (χ4n) is 2.46. The van der Waals surface area contributed by atoms with E-state index in [1.54, 1.807) is 12.1 Å². The van der Waals surface area contributed by atoms with Crippen LogP contribution in [0.3, 0.4) is 0 Å². The topological polar surface area (TPSA) is 50.7 Å². The molecule has 0 bridgehead atoms. The van der Waals surface area contributed by atoms with Crippen LogP contribution in [0.4, 0.5) is 4.39 Å². The number of aliphatic imine (C=N–C) groups is 1. The quantitative estimate of drug-likeness (QED) is 0.597. The van der Waals surface area contributed by atoms with Crippen LogP contribution in [-0.2, 0) is 9.53 Å². The summed E-state index contributed by atoms with van der Waals surface area (Å²) >= 11 is 1.48. The van der Waals surface area contributed by atoms with Gasteiger partial charge in [0.15, 0.2) is 5.17 Å². The van der Waals surface area contributed by atoms with Gasteiger partial charge in [-0.15, -0.1) is 13.2 Å². The van der Waals surface area contributed by atoms with Crippen molar-refractivity contribution in [3.8, 4) is 0 Å². The summed E-state index contributed by atoms with van der Waals surface area (Å²) in [7, 11) is 1.36. The van der Waals surface area contributed by atoms with Gasteiger partial charge in [-0.3, -0.25) is 4.99 Å². The van der Waals surface area contributed by atoms with Crippen molar-refractivity contribution < 1.29 is 13.9 Å². The van der Waals surface area contributed by atoms with Crippen molar-refractivity contribution >= 4 is 28.6 Å². The molecule has 6 heteroatoms. The number of nitrogens with zero attached hydrogens (tertiary/aromatic N) is 1. The van der Waals surface area contributed by atoms with E-state index in [2.05, 4.69) is 37.3 Å². The summed E-state index contributed by atoms with van der Waals surface area (Å²) in [4.78, 5) is 17.0. The number of nitrogens with one attached hydrogen (secondary N) is 1. The molecule has 2 atom stereocenters. The Morgan fingerprint density at radius 2 is 1.96 bits per heavy atom. The fourth-order valence-corrected chi connectivity index (χ4v) is 2.88. The summed E-state index contributed by atoms with van der Waals surface area (Å²) in [6.07, 6.45) is 2.80. The van der Waals surface area contributed by atoms with E-state index in [0.717, 1.165) is 17.2 Å². The predicted molar refractivity (Wildman–Crippen MR) is 111 cm³/mol. The highest BCUT2D eigenvalue weighted by atomic mass is 32.2. The standard InChI is InChI=1S/C17H21FN2O2S.C2H4.CH4/c1-5-10(2)14-13(16(21)22-3)15(20-17(19-14)23-4)11-6-8-12(18)9-7-11;1-2;/h6-10,14H,5H2,1-4H3,(H,19,20);1-2H2;1H4. The van der Waals surface area contributed by atoms with Crippen LogP contribution in [0.1, 0.15) is 33.3 Å². The highest BCUT2D eigenvalue weighted by molar-refractivity contribution is 8.13. The third-order valence-corrected chi connectivity index (χ3v) is 4.56. The number of hydrogen-bond acceptors (Lipinski definition) is 5. The first-order chi connectivity index (χ1) is 12.0. The first-order valence-electron chi connectivity index (χ1n) is 7.99.